The number of ether oxygens (including phenoxy) is 2. The molecule has 0 atom stereocenters. The Balaban J connectivity index is 2.21. The Hall–Kier alpha value is -2.52. The minimum Gasteiger partial charge on any atom is -0.462 e. The molecule has 2 rings (SSSR count). The largest absolute Gasteiger partial charge is 0.462 e. The number of carbonyl (C=O) groups is 2. The van der Waals surface area contributed by atoms with Crippen LogP contribution in [0.5, 0.6) is 11.5 Å². The summed E-state index contributed by atoms with van der Waals surface area (Å²) in [5.74, 6) is -3.52. The summed E-state index contributed by atoms with van der Waals surface area (Å²) in [7, 11) is 0. The summed E-state index contributed by atoms with van der Waals surface area (Å²) < 4.78 is 62.4. The van der Waals surface area contributed by atoms with Gasteiger partial charge in [0.15, 0.2) is 11.6 Å². The van der Waals surface area contributed by atoms with E-state index in [0.29, 0.717) is 6.07 Å². The number of esters is 1. The summed E-state index contributed by atoms with van der Waals surface area (Å²) in [4.78, 5) is 23.8. The summed E-state index contributed by atoms with van der Waals surface area (Å²) in [5, 5.41) is 1.69. The normalized spacial score (nSPS) is 11.4. The predicted octanol–water partition coefficient (Wildman–Crippen LogP) is 5.63. The van der Waals surface area contributed by atoms with Gasteiger partial charge in [-0.05, 0) is 44.2 Å². The van der Waals surface area contributed by atoms with Gasteiger partial charge >= 0.3 is 12.1 Å². The topological polar surface area (TPSA) is 64.6 Å². The van der Waals surface area contributed by atoms with E-state index in [4.69, 9.17) is 32.7 Å². The van der Waals surface area contributed by atoms with Gasteiger partial charge in [0.25, 0.3) is 5.91 Å². The molecule has 0 fully saturated rings. The molecular weight excluding hydrogens is 453 g/mol. The van der Waals surface area contributed by atoms with Crippen LogP contribution < -0.4 is 10.1 Å². The average molecular weight is 468 g/mol. The molecule has 0 saturated heterocycles. The first kappa shape index (κ1) is 23.8. The average Bonchev–Trinajstić information content (AvgIpc) is 2.62. The Morgan fingerprint density at radius 1 is 1.10 bits per heavy atom. The molecule has 2 aromatic carbocycles. The van der Waals surface area contributed by atoms with Crippen molar-refractivity contribution in [3.63, 3.8) is 0 Å². The number of nitrogens with one attached hydrogen (secondary N) is 1. The molecule has 162 valence electrons. The van der Waals surface area contributed by atoms with E-state index in [1.807, 2.05) is 0 Å². The highest BCUT2D eigenvalue weighted by Gasteiger charge is 2.32. The van der Waals surface area contributed by atoms with Crippen LogP contribution in [-0.4, -0.2) is 24.5 Å². The maximum Gasteiger partial charge on any atom is 0.416 e. The zero-order chi connectivity index (χ0) is 22.6. The van der Waals surface area contributed by atoms with Crippen molar-refractivity contribution in [3.05, 3.63) is 57.3 Å². The highest BCUT2D eigenvalue weighted by molar-refractivity contribution is 6.34. The van der Waals surface area contributed by atoms with E-state index in [9.17, 15) is 27.2 Å². The minimum atomic E-state index is -4.79. The summed E-state index contributed by atoms with van der Waals surface area (Å²) in [6, 6.07) is 4.40. The van der Waals surface area contributed by atoms with Gasteiger partial charge in [0.2, 0.25) is 0 Å². The fourth-order valence-electron chi connectivity index (χ4n) is 2.23. The van der Waals surface area contributed by atoms with Gasteiger partial charge in [-0.3, -0.25) is 9.59 Å². The van der Waals surface area contributed by atoms with Crippen LogP contribution in [-0.2, 0) is 15.7 Å². The highest BCUT2D eigenvalue weighted by Crippen LogP contribution is 2.39. The molecular formula is C19H15Cl2F4NO4. The molecule has 2 aromatic rings. The van der Waals surface area contributed by atoms with Crippen molar-refractivity contribution in [2.75, 3.05) is 6.54 Å². The highest BCUT2D eigenvalue weighted by atomic mass is 35.5. The fraction of sp³-hybridized carbons (Fsp3) is 0.263. The van der Waals surface area contributed by atoms with Crippen LogP contribution in [0, 0.1) is 5.82 Å². The molecule has 11 heteroatoms. The van der Waals surface area contributed by atoms with Crippen molar-refractivity contribution < 1.29 is 36.6 Å². The standard InChI is InChI=1S/C19H15Cl2F4NO4/c1-9(2)29-16(27)8-26-18(28)12-7-11(3-4-13(12)20)30-17-14(21)5-10(6-15(17)22)19(23,24)25/h3-7,9H,8H2,1-2H3,(H,26,28). The van der Waals surface area contributed by atoms with Crippen molar-refractivity contribution in [2.45, 2.75) is 26.1 Å². The summed E-state index contributed by atoms with van der Waals surface area (Å²) in [5.41, 5.74) is -1.39. The quantitative estimate of drug-likeness (QED) is 0.441. The lowest BCUT2D eigenvalue weighted by Gasteiger charge is -2.14. The number of hydrogen-bond acceptors (Lipinski definition) is 4. The molecule has 0 heterocycles. The molecule has 1 amide bonds. The van der Waals surface area contributed by atoms with E-state index in [1.165, 1.54) is 12.1 Å². The van der Waals surface area contributed by atoms with Crippen molar-refractivity contribution in [2.24, 2.45) is 0 Å². The fourth-order valence-corrected chi connectivity index (χ4v) is 2.68. The van der Waals surface area contributed by atoms with Crippen LogP contribution in [0.3, 0.4) is 0 Å². The van der Waals surface area contributed by atoms with Crippen LogP contribution in [0.4, 0.5) is 17.6 Å². The van der Waals surface area contributed by atoms with Crippen LogP contribution in [0.15, 0.2) is 30.3 Å². The molecule has 0 bridgehead atoms. The molecule has 30 heavy (non-hydrogen) atoms. The second-order valence-corrected chi connectivity index (χ2v) is 7.05. The molecule has 0 aromatic heterocycles. The number of amides is 1. The lowest BCUT2D eigenvalue weighted by Crippen LogP contribution is -2.31. The van der Waals surface area contributed by atoms with Crippen molar-refractivity contribution in [1.82, 2.24) is 5.32 Å². The Kier molecular flexibility index (Phi) is 7.54. The molecule has 1 N–H and O–H groups in total. The smallest absolute Gasteiger partial charge is 0.416 e. The zero-order valence-electron chi connectivity index (χ0n) is 15.6. The van der Waals surface area contributed by atoms with Gasteiger partial charge in [-0.1, -0.05) is 23.2 Å². The Morgan fingerprint density at radius 2 is 1.77 bits per heavy atom. The van der Waals surface area contributed by atoms with E-state index in [0.717, 1.165) is 6.07 Å². The van der Waals surface area contributed by atoms with Crippen molar-refractivity contribution in [3.8, 4) is 11.5 Å². The van der Waals surface area contributed by atoms with Crippen LogP contribution in [0.1, 0.15) is 29.8 Å². The monoisotopic (exact) mass is 467 g/mol. The zero-order valence-corrected chi connectivity index (χ0v) is 17.1. The molecule has 0 radical (unpaired) electrons. The van der Waals surface area contributed by atoms with Gasteiger partial charge in [-0.2, -0.15) is 13.2 Å². The van der Waals surface area contributed by atoms with E-state index in [2.05, 4.69) is 5.32 Å². The molecule has 0 aliphatic rings. The third kappa shape index (κ3) is 6.24. The number of benzene rings is 2. The van der Waals surface area contributed by atoms with Gasteiger partial charge in [-0.25, -0.2) is 4.39 Å². The van der Waals surface area contributed by atoms with Gasteiger partial charge in [0, 0.05) is 0 Å². The second kappa shape index (κ2) is 9.53. The number of rotatable bonds is 6. The maximum atomic E-state index is 14.1. The minimum absolute atomic E-state index is 0.00364. The molecule has 0 unspecified atom stereocenters. The van der Waals surface area contributed by atoms with Gasteiger partial charge < -0.3 is 14.8 Å². The Morgan fingerprint density at radius 3 is 2.33 bits per heavy atom. The predicted molar refractivity (Wildman–Crippen MR) is 101 cm³/mol. The summed E-state index contributed by atoms with van der Waals surface area (Å²) in [6.07, 6.45) is -5.15. The molecule has 0 aliphatic heterocycles. The van der Waals surface area contributed by atoms with E-state index >= 15 is 0 Å². The van der Waals surface area contributed by atoms with Crippen molar-refractivity contribution in [1.29, 1.82) is 0 Å². The SMILES string of the molecule is CC(C)OC(=O)CNC(=O)c1cc(Oc2c(F)cc(C(F)(F)F)cc2Cl)ccc1Cl. The first-order valence-electron chi connectivity index (χ1n) is 8.39. The molecule has 5 nitrogen and oxygen atoms in total. The summed E-state index contributed by atoms with van der Waals surface area (Å²) >= 11 is 11.7. The first-order chi connectivity index (χ1) is 13.9. The number of carbonyl (C=O) groups excluding carboxylic acids is 2. The van der Waals surface area contributed by atoms with Gasteiger partial charge in [0.1, 0.15) is 12.3 Å². The Bertz CT molecular complexity index is 941. The van der Waals surface area contributed by atoms with E-state index < -0.39 is 46.8 Å². The van der Waals surface area contributed by atoms with Crippen LogP contribution in [0.2, 0.25) is 10.0 Å². The molecule has 0 saturated carbocycles. The third-order valence-electron chi connectivity index (χ3n) is 3.49. The van der Waals surface area contributed by atoms with Crippen molar-refractivity contribution >= 4 is 35.1 Å². The van der Waals surface area contributed by atoms with Gasteiger partial charge in [-0.15, -0.1) is 0 Å². The van der Waals surface area contributed by atoms with E-state index in [-0.39, 0.29) is 28.5 Å². The first-order valence-corrected chi connectivity index (χ1v) is 9.15. The maximum absolute atomic E-state index is 14.1. The van der Waals surface area contributed by atoms with E-state index in [1.54, 1.807) is 13.8 Å². The number of hydrogen-bond donors (Lipinski definition) is 1. The third-order valence-corrected chi connectivity index (χ3v) is 4.10. The summed E-state index contributed by atoms with van der Waals surface area (Å²) in [6.45, 7) is 2.86. The van der Waals surface area contributed by atoms with Crippen LogP contribution in [0.25, 0.3) is 0 Å². The Labute approximate surface area is 178 Å². The number of halogens is 6. The van der Waals surface area contributed by atoms with Crippen LogP contribution >= 0.6 is 23.2 Å². The lowest BCUT2D eigenvalue weighted by atomic mass is 10.2. The van der Waals surface area contributed by atoms with Gasteiger partial charge in [0.05, 0.1) is 27.3 Å². The molecule has 0 spiro atoms. The number of alkyl halides is 3. The molecule has 0 aliphatic carbocycles. The lowest BCUT2D eigenvalue weighted by molar-refractivity contribution is -0.146. The second-order valence-electron chi connectivity index (χ2n) is 6.23.